The molecule has 0 radical (unpaired) electrons. The van der Waals surface area contributed by atoms with Crippen LogP contribution in [0.2, 0.25) is 0 Å². The van der Waals surface area contributed by atoms with Crippen LogP contribution in [0.15, 0.2) is 17.7 Å². The van der Waals surface area contributed by atoms with Gasteiger partial charge < -0.3 is 9.72 Å². The number of aromatic amines is 1. The zero-order valence-corrected chi connectivity index (χ0v) is 8.12. The molecule has 2 aromatic heterocycles. The molecule has 0 amide bonds. The third-order valence-electron chi connectivity index (χ3n) is 2.03. The fraction of sp³-hybridized carbons (Fsp3) is 0.375. The molecule has 0 unspecified atom stereocenters. The van der Waals surface area contributed by atoms with E-state index in [0.29, 0.717) is 5.25 Å². The number of thioether (sulfide) groups is 1. The summed E-state index contributed by atoms with van der Waals surface area (Å²) >= 11 is 1.70. The van der Waals surface area contributed by atoms with Crippen LogP contribution in [-0.4, -0.2) is 38.4 Å². The molecule has 0 atom stereocenters. The SMILES string of the molecule is c1ncc2[nH]c(SC3COC3)nc2n1. The highest BCUT2D eigenvalue weighted by Crippen LogP contribution is 2.26. The average Bonchev–Trinajstić information content (AvgIpc) is 2.53. The number of aromatic nitrogens is 4. The van der Waals surface area contributed by atoms with E-state index in [1.54, 1.807) is 18.0 Å². The Hall–Kier alpha value is -1.14. The predicted octanol–water partition coefficient (Wildman–Crippen LogP) is 0.844. The molecular formula is C8H8N4OS. The zero-order valence-electron chi connectivity index (χ0n) is 7.30. The molecule has 0 saturated carbocycles. The summed E-state index contributed by atoms with van der Waals surface area (Å²) in [6.45, 7) is 1.63. The Morgan fingerprint density at radius 2 is 2.43 bits per heavy atom. The lowest BCUT2D eigenvalue weighted by molar-refractivity contribution is 0.0454. The monoisotopic (exact) mass is 208 g/mol. The maximum Gasteiger partial charge on any atom is 0.181 e. The van der Waals surface area contributed by atoms with Crippen molar-refractivity contribution in [2.45, 2.75) is 10.4 Å². The fourth-order valence-corrected chi connectivity index (χ4v) is 2.19. The number of H-pyrrole nitrogens is 1. The Balaban J connectivity index is 1.89. The summed E-state index contributed by atoms with van der Waals surface area (Å²) in [5, 5.41) is 1.43. The fourth-order valence-electron chi connectivity index (χ4n) is 1.24. The Morgan fingerprint density at radius 1 is 1.50 bits per heavy atom. The number of hydrogen-bond donors (Lipinski definition) is 1. The minimum absolute atomic E-state index is 0.531. The lowest BCUT2D eigenvalue weighted by Crippen LogP contribution is -2.30. The van der Waals surface area contributed by atoms with Gasteiger partial charge in [0.2, 0.25) is 0 Å². The van der Waals surface area contributed by atoms with Gasteiger partial charge in [0, 0.05) is 0 Å². The minimum atomic E-state index is 0.531. The topological polar surface area (TPSA) is 63.7 Å². The lowest BCUT2D eigenvalue weighted by Gasteiger charge is -2.23. The van der Waals surface area contributed by atoms with E-state index in [1.165, 1.54) is 6.33 Å². The molecule has 3 rings (SSSR count). The van der Waals surface area contributed by atoms with E-state index >= 15 is 0 Å². The van der Waals surface area contributed by atoms with Crippen molar-refractivity contribution in [1.29, 1.82) is 0 Å². The van der Waals surface area contributed by atoms with Crippen LogP contribution in [0.3, 0.4) is 0 Å². The molecule has 5 nitrogen and oxygen atoms in total. The van der Waals surface area contributed by atoms with Crippen LogP contribution < -0.4 is 0 Å². The van der Waals surface area contributed by atoms with Crippen LogP contribution in [0.25, 0.3) is 11.2 Å². The van der Waals surface area contributed by atoms with E-state index in [9.17, 15) is 0 Å². The van der Waals surface area contributed by atoms with E-state index in [0.717, 1.165) is 29.5 Å². The maximum atomic E-state index is 5.09. The average molecular weight is 208 g/mol. The maximum absolute atomic E-state index is 5.09. The van der Waals surface area contributed by atoms with Gasteiger partial charge in [-0.3, -0.25) is 0 Å². The number of nitrogens with one attached hydrogen (secondary N) is 1. The molecule has 1 aliphatic rings. The van der Waals surface area contributed by atoms with Gasteiger partial charge in [0.05, 0.1) is 24.7 Å². The van der Waals surface area contributed by atoms with Crippen molar-refractivity contribution in [3.05, 3.63) is 12.5 Å². The summed E-state index contributed by atoms with van der Waals surface area (Å²) in [5.74, 6) is 0. The molecule has 1 aliphatic heterocycles. The van der Waals surface area contributed by atoms with Gasteiger partial charge in [-0.15, -0.1) is 0 Å². The summed E-state index contributed by atoms with van der Waals surface area (Å²) in [4.78, 5) is 15.5. The third kappa shape index (κ3) is 1.36. The second kappa shape index (κ2) is 3.21. The second-order valence-corrected chi connectivity index (χ2v) is 4.37. The lowest BCUT2D eigenvalue weighted by atomic mass is 10.4. The Kier molecular flexibility index (Phi) is 1.88. The minimum Gasteiger partial charge on any atom is -0.379 e. The van der Waals surface area contributed by atoms with Crippen molar-refractivity contribution in [2.24, 2.45) is 0 Å². The molecule has 3 heterocycles. The van der Waals surface area contributed by atoms with E-state index in [2.05, 4.69) is 19.9 Å². The van der Waals surface area contributed by atoms with Gasteiger partial charge in [0.1, 0.15) is 11.8 Å². The number of imidazole rings is 1. The van der Waals surface area contributed by atoms with Crippen LogP contribution in [0, 0.1) is 0 Å². The predicted molar refractivity (Wildman–Crippen MR) is 52.1 cm³/mol. The van der Waals surface area contributed by atoms with Crippen molar-refractivity contribution in [1.82, 2.24) is 19.9 Å². The van der Waals surface area contributed by atoms with Gasteiger partial charge in [-0.05, 0) is 0 Å². The molecule has 0 aromatic carbocycles. The van der Waals surface area contributed by atoms with Crippen molar-refractivity contribution < 1.29 is 4.74 Å². The van der Waals surface area contributed by atoms with Crippen molar-refractivity contribution in [3.63, 3.8) is 0 Å². The molecule has 14 heavy (non-hydrogen) atoms. The quantitative estimate of drug-likeness (QED) is 0.792. The van der Waals surface area contributed by atoms with Gasteiger partial charge in [0.15, 0.2) is 10.8 Å². The van der Waals surface area contributed by atoms with Crippen molar-refractivity contribution >= 4 is 22.9 Å². The number of rotatable bonds is 2. The second-order valence-electron chi connectivity index (χ2n) is 3.08. The van der Waals surface area contributed by atoms with E-state index < -0.39 is 0 Å². The number of fused-ring (bicyclic) bond motifs is 1. The molecule has 0 bridgehead atoms. The molecule has 72 valence electrons. The highest BCUT2D eigenvalue weighted by Gasteiger charge is 2.21. The summed E-state index contributed by atoms with van der Waals surface area (Å²) in [6.07, 6.45) is 3.24. The van der Waals surface area contributed by atoms with E-state index in [4.69, 9.17) is 4.74 Å². The van der Waals surface area contributed by atoms with E-state index in [1.807, 2.05) is 0 Å². The summed E-state index contributed by atoms with van der Waals surface area (Å²) < 4.78 is 5.09. The highest BCUT2D eigenvalue weighted by molar-refractivity contribution is 7.99. The van der Waals surface area contributed by atoms with Crippen LogP contribution >= 0.6 is 11.8 Å². The van der Waals surface area contributed by atoms with Gasteiger partial charge >= 0.3 is 0 Å². The van der Waals surface area contributed by atoms with Crippen molar-refractivity contribution in [2.75, 3.05) is 13.2 Å². The molecule has 1 fully saturated rings. The molecule has 0 aliphatic carbocycles. The van der Waals surface area contributed by atoms with Gasteiger partial charge in [0.25, 0.3) is 0 Å². The Bertz CT molecular complexity index is 420. The summed E-state index contributed by atoms with van der Waals surface area (Å²) in [6, 6.07) is 0. The smallest absolute Gasteiger partial charge is 0.181 e. The molecule has 0 spiro atoms. The number of nitrogens with zero attached hydrogens (tertiary/aromatic N) is 3. The Labute approximate surface area is 84.3 Å². The molecule has 6 heteroatoms. The van der Waals surface area contributed by atoms with Crippen molar-refractivity contribution in [3.8, 4) is 0 Å². The normalized spacial score (nSPS) is 17.1. The Morgan fingerprint density at radius 3 is 3.14 bits per heavy atom. The van der Waals surface area contributed by atoms with Crippen LogP contribution in [-0.2, 0) is 4.74 Å². The first-order chi connectivity index (χ1) is 6.92. The first kappa shape index (κ1) is 8.19. The zero-order chi connectivity index (χ0) is 9.38. The molecule has 1 saturated heterocycles. The molecule has 2 aromatic rings. The van der Waals surface area contributed by atoms with Gasteiger partial charge in [-0.2, -0.15) is 0 Å². The largest absolute Gasteiger partial charge is 0.379 e. The first-order valence-electron chi connectivity index (χ1n) is 4.32. The van der Waals surface area contributed by atoms with E-state index in [-0.39, 0.29) is 0 Å². The summed E-state index contributed by atoms with van der Waals surface area (Å²) in [7, 11) is 0. The van der Waals surface area contributed by atoms with Crippen LogP contribution in [0.5, 0.6) is 0 Å². The van der Waals surface area contributed by atoms with Gasteiger partial charge in [-0.25, -0.2) is 15.0 Å². The van der Waals surface area contributed by atoms with Crippen LogP contribution in [0.4, 0.5) is 0 Å². The number of ether oxygens (including phenoxy) is 1. The molecular weight excluding hydrogens is 200 g/mol. The molecule has 1 N–H and O–H groups in total. The third-order valence-corrected chi connectivity index (χ3v) is 3.05. The van der Waals surface area contributed by atoms with Crippen LogP contribution in [0.1, 0.15) is 0 Å². The summed E-state index contributed by atoms with van der Waals surface area (Å²) in [5.41, 5.74) is 1.61. The highest BCUT2D eigenvalue weighted by atomic mass is 32.2. The standard InChI is InChI=1S/C8H8N4OS/c1-6-7(10-4-9-1)12-8(11-6)14-5-2-13-3-5/h1,4-5H,2-3H2,(H,9,10,11,12). The first-order valence-corrected chi connectivity index (χ1v) is 5.20. The van der Waals surface area contributed by atoms with Gasteiger partial charge in [-0.1, -0.05) is 11.8 Å². The number of hydrogen-bond acceptors (Lipinski definition) is 5.